The van der Waals surface area contributed by atoms with Crippen LogP contribution in [0.3, 0.4) is 0 Å². The number of carbonyl (C=O) groups is 1. The minimum atomic E-state index is -0.587. The third-order valence-electron chi connectivity index (χ3n) is 1.72. The number of hydroxylamine groups is 1. The Labute approximate surface area is 89.8 Å². The average Bonchev–Trinajstić information content (AvgIpc) is 2.22. The van der Waals surface area contributed by atoms with E-state index in [4.69, 9.17) is 5.21 Å². The summed E-state index contributed by atoms with van der Waals surface area (Å²) >= 11 is 0. The number of amides is 1. The van der Waals surface area contributed by atoms with E-state index in [2.05, 4.69) is 13.2 Å². The molecule has 2 N–H and O–H groups in total. The molecule has 0 aromatic carbocycles. The third kappa shape index (κ3) is 4.28. The molecule has 0 radical (unpaired) electrons. The first-order valence-electron chi connectivity index (χ1n) is 4.35. The number of rotatable bonds is 5. The Balaban J connectivity index is 5.04. The summed E-state index contributed by atoms with van der Waals surface area (Å²) in [5.74, 6) is -0.587. The second-order valence-electron chi connectivity index (χ2n) is 2.95. The van der Waals surface area contributed by atoms with Crippen LogP contribution < -0.4 is 5.48 Å². The minimum Gasteiger partial charge on any atom is -0.377 e. The molecule has 4 nitrogen and oxygen atoms in total. The summed E-state index contributed by atoms with van der Waals surface area (Å²) in [6, 6.07) is 0. The number of carbonyl (C=O) groups excluding carboxylic acids is 1. The fraction of sp³-hybridized carbons (Fsp3) is 0.182. The van der Waals surface area contributed by atoms with Crippen molar-refractivity contribution in [3.05, 3.63) is 48.7 Å². The molecule has 0 aromatic rings. The van der Waals surface area contributed by atoms with E-state index in [1.807, 2.05) is 19.0 Å². The number of allylic oxidation sites excluding steroid dienone is 4. The van der Waals surface area contributed by atoms with Gasteiger partial charge in [0.25, 0.3) is 5.91 Å². The Morgan fingerprint density at radius 3 is 2.20 bits per heavy atom. The number of likely N-dealkylation sites (N-methyl/N-ethyl adjacent to an activating group) is 1. The van der Waals surface area contributed by atoms with Crippen LogP contribution in [0.15, 0.2) is 48.7 Å². The molecule has 4 heteroatoms. The summed E-state index contributed by atoms with van der Waals surface area (Å²) in [7, 11) is 3.72. The van der Waals surface area contributed by atoms with Crippen molar-refractivity contribution in [3.63, 3.8) is 0 Å². The van der Waals surface area contributed by atoms with Crippen molar-refractivity contribution < 1.29 is 10.0 Å². The molecule has 0 heterocycles. The lowest BCUT2D eigenvalue weighted by molar-refractivity contribution is -0.124. The Bertz CT molecular complexity index is 315. The van der Waals surface area contributed by atoms with Crippen molar-refractivity contribution in [1.29, 1.82) is 0 Å². The molecule has 0 aromatic heterocycles. The smallest absolute Gasteiger partial charge is 0.267 e. The van der Waals surface area contributed by atoms with Crippen molar-refractivity contribution >= 4 is 5.91 Å². The maximum atomic E-state index is 10.8. The van der Waals surface area contributed by atoms with Crippen molar-refractivity contribution in [2.24, 2.45) is 0 Å². The van der Waals surface area contributed by atoms with Crippen LogP contribution in [-0.2, 0) is 4.79 Å². The van der Waals surface area contributed by atoms with Gasteiger partial charge in [-0.2, -0.15) is 0 Å². The standard InChI is InChI=1S/C11H16N2O2/c1-5-9(7-8-11(14)12-15)10(6-2)13(3)4/h5-8,15H,1-2H2,3-4H3,(H,12,14)/b8-7+,10-9-. The fourth-order valence-corrected chi connectivity index (χ4v) is 1.02. The molecule has 0 rings (SSSR count). The van der Waals surface area contributed by atoms with E-state index in [1.54, 1.807) is 18.2 Å². The Morgan fingerprint density at radius 1 is 1.27 bits per heavy atom. The first-order valence-corrected chi connectivity index (χ1v) is 4.35. The van der Waals surface area contributed by atoms with Crippen LogP contribution in [0.25, 0.3) is 0 Å². The highest BCUT2D eigenvalue weighted by Crippen LogP contribution is 2.10. The van der Waals surface area contributed by atoms with Gasteiger partial charge in [-0.15, -0.1) is 0 Å². The molecule has 1 amide bonds. The minimum absolute atomic E-state index is 0.587. The lowest BCUT2D eigenvalue weighted by atomic mass is 10.1. The molecule has 0 atom stereocenters. The quantitative estimate of drug-likeness (QED) is 0.309. The lowest BCUT2D eigenvalue weighted by Gasteiger charge is -2.15. The number of hydrogen-bond acceptors (Lipinski definition) is 3. The molecule has 82 valence electrons. The zero-order chi connectivity index (χ0) is 11.8. The Morgan fingerprint density at radius 2 is 1.87 bits per heavy atom. The number of hydrogen-bond donors (Lipinski definition) is 2. The molecule has 0 aliphatic heterocycles. The van der Waals surface area contributed by atoms with Crippen LogP contribution in [0, 0.1) is 0 Å². The highest BCUT2D eigenvalue weighted by atomic mass is 16.5. The fourth-order valence-electron chi connectivity index (χ4n) is 1.02. The molecule has 0 spiro atoms. The van der Waals surface area contributed by atoms with Gasteiger partial charge in [-0.05, 0) is 17.7 Å². The highest BCUT2D eigenvalue weighted by Gasteiger charge is 2.00. The number of nitrogens with one attached hydrogen (secondary N) is 1. The Hall–Kier alpha value is -1.81. The maximum absolute atomic E-state index is 10.8. The van der Waals surface area contributed by atoms with Crippen molar-refractivity contribution in [2.45, 2.75) is 0 Å². The lowest BCUT2D eigenvalue weighted by Crippen LogP contribution is -2.15. The first-order chi connectivity index (χ1) is 7.06. The molecule has 0 aliphatic carbocycles. The van der Waals surface area contributed by atoms with Crippen molar-refractivity contribution in [1.82, 2.24) is 10.4 Å². The predicted octanol–water partition coefficient (Wildman–Crippen LogP) is 1.24. The van der Waals surface area contributed by atoms with E-state index in [-0.39, 0.29) is 0 Å². The van der Waals surface area contributed by atoms with Crippen LogP contribution in [0.2, 0.25) is 0 Å². The summed E-state index contributed by atoms with van der Waals surface area (Å²) in [5, 5.41) is 8.30. The molecule has 15 heavy (non-hydrogen) atoms. The highest BCUT2D eigenvalue weighted by molar-refractivity contribution is 5.87. The van der Waals surface area contributed by atoms with Crippen LogP contribution in [0.1, 0.15) is 0 Å². The van der Waals surface area contributed by atoms with Gasteiger partial charge in [0.1, 0.15) is 0 Å². The summed E-state index contributed by atoms with van der Waals surface area (Å²) in [5.41, 5.74) is 3.10. The molecule has 0 saturated carbocycles. The average molecular weight is 208 g/mol. The normalized spacial score (nSPS) is 11.9. The summed E-state index contributed by atoms with van der Waals surface area (Å²) < 4.78 is 0. The van der Waals surface area contributed by atoms with E-state index >= 15 is 0 Å². The number of nitrogens with zero attached hydrogens (tertiary/aromatic N) is 1. The van der Waals surface area contributed by atoms with Crippen molar-refractivity contribution in [3.8, 4) is 0 Å². The first kappa shape index (κ1) is 13.2. The van der Waals surface area contributed by atoms with E-state index < -0.39 is 5.91 Å². The topological polar surface area (TPSA) is 52.6 Å². The summed E-state index contributed by atoms with van der Waals surface area (Å²) in [4.78, 5) is 12.6. The molecule has 0 fully saturated rings. The Kier molecular flexibility index (Phi) is 5.82. The van der Waals surface area contributed by atoms with Crippen LogP contribution in [-0.4, -0.2) is 30.1 Å². The van der Waals surface area contributed by atoms with Gasteiger partial charge in [-0.3, -0.25) is 10.0 Å². The van der Waals surface area contributed by atoms with Gasteiger partial charge < -0.3 is 4.90 Å². The van der Waals surface area contributed by atoms with E-state index in [9.17, 15) is 4.79 Å². The molecule has 0 aliphatic rings. The maximum Gasteiger partial charge on any atom is 0.267 e. The summed E-state index contributed by atoms with van der Waals surface area (Å²) in [6.07, 6.45) is 6.04. The van der Waals surface area contributed by atoms with E-state index in [0.717, 1.165) is 11.3 Å². The third-order valence-corrected chi connectivity index (χ3v) is 1.72. The van der Waals surface area contributed by atoms with Gasteiger partial charge in [0.15, 0.2) is 0 Å². The predicted molar refractivity (Wildman–Crippen MR) is 60.2 cm³/mol. The van der Waals surface area contributed by atoms with Crippen LogP contribution in [0.4, 0.5) is 0 Å². The zero-order valence-corrected chi connectivity index (χ0v) is 9.03. The molecular weight excluding hydrogens is 192 g/mol. The zero-order valence-electron chi connectivity index (χ0n) is 9.03. The monoisotopic (exact) mass is 208 g/mol. The molecule has 0 unspecified atom stereocenters. The van der Waals surface area contributed by atoms with E-state index in [1.165, 1.54) is 11.6 Å². The molecule has 0 saturated heterocycles. The van der Waals surface area contributed by atoms with Gasteiger partial charge in [-0.1, -0.05) is 19.2 Å². The molecule has 0 bridgehead atoms. The van der Waals surface area contributed by atoms with Gasteiger partial charge >= 0.3 is 0 Å². The molecular formula is C11H16N2O2. The van der Waals surface area contributed by atoms with Gasteiger partial charge in [0, 0.05) is 25.9 Å². The summed E-state index contributed by atoms with van der Waals surface area (Å²) in [6.45, 7) is 7.31. The van der Waals surface area contributed by atoms with Gasteiger partial charge in [-0.25, -0.2) is 5.48 Å². The van der Waals surface area contributed by atoms with Crippen LogP contribution >= 0.6 is 0 Å². The van der Waals surface area contributed by atoms with Crippen LogP contribution in [0.5, 0.6) is 0 Å². The van der Waals surface area contributed by atoms with Gasteiger partial charge in [0.05, 0.1) is 0 Å². The SMILES string of the molecule is C=CC(/C=C/C(=O)NO)=C(\C=C)N(C)C. The van der Waals surface area contributed by atoms with E-state index in [0.29, 0.717) is 0 Å². The van der Waals surface area contributed by atoms with Crippen molar-refractivity contribution in [2.75, 3.05) is 14.1 Å². The largest absolute Gasteiger partial charge is 0.377 e. The van der Waals surface area contributed by atoms with Gasteiger partial charge in [0.2, 0.25) is 0 Å². The second kappa shape index (κ2) is 6.62. The second-order valence-corrected chi connectivity index (χ2v) is 2.95.